The Balaban J connectivity index is 1.43. The van der Waals surface area contributed by atoms with Crippen LogP contribution in [0.25, 0.3) is 0 Å². The first kappa shape index (κ1) is 23.7. The Morgan fingerprint density at radius 2 is 1.55 bits per heavy atom. The molecular weight excluding hydrogens is 417 g/mol. The minimum atomic E-state index is -0.430. The predicted molar refractivity (Wildman–Crippen MR) is 134 cm³/mol. The molecule has 8 heteroatoms. The average Bonchev–Trinajstić information content (AvgIpc) is 2.75. The lowest BCUT2D eigenvalue weighted by atomic mass is 9.77. The first-order chi connectivity index (χ1) is 15.5. The summed E-state index contributed by atoms with van der Waals surface area (Å²) in [5.74, 6) is 0.209. The van der Waals surface area contributed by atoms with Crippen molar-refractivity contribution in [1.82, 2.24) is 19.8 Å². The summed E-state index contributed by atoms with van der Waals surface area (Å²) in [6, 6.07) is 8.40. The largest absolute Gasteiger partial charge is 0.369 e. The Morgan fingerprint density at radius 3 is 2.15 bits per heavy atom. The van der Waals surface area contributed by atoms with Gasteiger partial charge in [-0.25, -0.2) is 9.37 Å². The van der Waals surface area contributed by atoms with Gasteiger partial charge in [0.1, 0.15) is 0 Å². The number of anilines is 4. The second-order valence-electron chi connectivity index (χ2n) is 10.8. The van der Waals surface area contributed by atoms with Crippen molar-refractivity contribution >= 4 is 23.1 Å². The molecule has 0 bridgehead atoms. The molecule has 0 radical (unpaired) electrons. The summed E-state index contributed by atoms with van der Waals surface area (Å²) >= 11 is 0. The minimum Gasteiger partial charge on any atom is -0.369 e. The van der Waals surface area contributed by atoms with Crippen molar-refractivity contribution in [3.8, 4) is 0 Å². The lowest BCUT2D eigenvalue weighted by molar-refractivity contribution is -0.00778. The average molecular weight is 456 g/mol. The van der Waals surface area contributed by atoms with E-state index in [1.807, 2.05) is 12.1 Å². The maximum Gasteiger partial charge on any atom is 0.229 e. The normalized spacial score (nSPS) is 21.7. The zero-order chi connectivity index (χ0) is 23.8. The van der Waals surface area contributed by atoms with Gasteiger partial charge < -0.3 is 20.4 Å². The third kappa shape index (κ3) is 5.38. The highest BCUT2D eigenvalue weighted by Gasteiger charge is 2.43. The lowest BCUT2D eigenvalue weighted by Gasteiger charge is -2.53. The zero-order valence-electron chi connectivity index (χ0n) is 20.8. The topological polar surface area (TPSA) is 59.6 Å². The van der Waals surface area contributed by atoms with E-state index < -0.39 is 5.82 Å². The van der Waals surface area contributed by atoms with E-state index >= 15 is 0 Å². The number of likely N-dealkylation sites (tertiary alicyclic amines) is 1. The summed E-state index contributed by atoms with van der Waals surface area (Å²) in [5.41, 5.74) is 2.11. The van der Waals surface area contributed by atoms with Crippen LogP contribution in [0.2, 0.25) is 0 Å². The van der Waals surface area contributed by atoms with Gasteiger partial charge in [-0.15, -0.1) is 0 Å². The number of piperazine rings is 1. The third-order valence-corrected chi connectivity index (χ3v) is 7.38. The van der Waals surface area contributed by atoms with Gasteiger partial charge in [0, 0.05) is 54.7 Å². The molecule has 2 fully saturated rings. The monoisotopic (exact) mass is 455 g/mol. The molecule has 2 saturated heterocycles. The Bertz CT molecular complexity index is 934. The Labute approximate surface area is 197 Å². The van der Waals surface area contributed by atoms with Crippen molar-refractivity contribution in [3.63, 3.8) is 0 Å². The molecular formula is C25H38FN7. The molecule has 0 unspecified atom stereocenters. The highest BCUT2D eigenvalue weighted by atomic mass is 19.1. The number of hydrogen-bond acceptors (Lipinski definition) is 7. The maximum absolute atomic E-state index is 14.6. The van der Waals surface area contributed by atoms with E-state index in [1.54, 1.807) is 0 Å². The number of halogens is 1. The molecule has 1 aromatic carbocycles. The van der Waals surface area contributed by atoms with E-state index in [2.05, 4.69) is 89.2 Å². The third-order valence-electron chi connectivity index (χ3n) is 7.38. The number of aromatic nitrogens is 2. The van der Waals surface area contributed by atoms with Gasteiger partial charge in [0.25, 0.3) is 0 Å². The van der Waals surface area contributed by atoms with Gasteiger partial charge in [-0.3, -0.25) is 4.90 Å². The molecule has 0 atom stereocenters. The number of hydrogen-bond donors (Lipinski definition) is 2. The van der Waals surface area contributed by atoms with Crippen LogP contribution in [0.4, 0.5) is 27.5 Å². The van der Waals surface area contributed by atoms with Crippen LogP contribution in [-0.2, 0) is 0 Å². The first-order valence-electron chi connectivity index (χ1n) is 11.9. The van der Waals surface area contributed by atoms with Crippen LogP contribution in [0.3, 0.4) is 0 Å². The molecule has 4 rings (SSSR count). The first-order valence-corrected chi connectivity index (χ1v) is 11.9. The second kappa shape index (κ2) is 9.06. The second-order valence-corrected chi connectivity index (χ2v) is 10.8. The number of nitrogens with one attached hydrogen (secondary N) is 2. The van der Waals surface area contributed by atoms with Gasteiger partial charge in [-0.2, -0.15) is 4.98 Å². The van der Waals surface area contributed by atoms with Gasteiger partial charge in [0.2, 0.25) is 5.95 Å². The van der Waals surface area contributed by atoms with E-state index in [4.69, 9.17) is 0 Å². The summed E-state index contributed by atoms with van der Waals surface area (Å²) in [6.45, 7) is 13.1. The van der Waals surface area contributed by atoms with E-state index in [-0.39, 0.29) is 22.9 Å². The summed E-state index contributed by atoms with van der Waals surface area (Å²) < 4.78 is 14.6. The van der Waals surface area contributed by atoms with Gasteiger partial charge in [-0.1, -0.05) is 0 Å². The predicted octanol–water partition coefficient (Wildman–Crippen LogP) is 4.17. The Morgan fingerprint density at radius 1 is 0.939 bits per heavy atom. The van der Waals surface area contributed by atoms with Crippen LogP contribution in [-0.4, -0.2) is 77.2 Å². The summed E-state index contributed by atoms with van der Waals surface area (Å²) in [5, 5.41) is 6.58. The maximum atomic E-state index is 14.6. The van der Waals surface area contributed by atoms with E-state index in [9.17, 15) is 4.39 Å². The fourth-order valence-electron chi connectivity index (χ4n) is 5.14. The molecule has 2 aromatic rings. The van der Waals surface area contributed by atoms with Crippen LogP contribution in [0.15, 0.2) is 30.5 Å². The number of benzene rings is 1. The van der Waals surface area contributed by atoms with Gasteiger partial charge in [-0.05, 0) is 78.9 Å². The quantitative estimate of drug-likeness (QED) is 0.702. The fourth-order valence-corrected chi connectivity index (χ4v) is 5.14. The molecule has 33 heavy (non-hydrogen) atoms. The van der Waals surface area contributed by atoms with Gasteiger partial charge >= 0.3 is 0 Å². The summed E-state index contributed by atoms with van der Waals surface area (Å²) in [6.07, 6.45) is 3.06. The minimum absolute atomic E-state index is 0.00945. The smallest absolute Gasteiger partial charge is 0.229 e. The molecule has 7 nitrogen and oxygen atoms in total. The van der Waals surface area contributed by atoms with Crippen LogP contribution in [0, 0.1) is 5.82 Å². The molecule has 0 saturated carbocycles. The molecule has 0 spiro atoms. The molecule has 2 aliphatic rings. The van der Waals surface area contributed by atoms with Crippen molar-refractivity contribution < 1.29 is 4.39 Å². The number of nitrogens with zero attached hydrogens (tertiary/aromatic N) is 5. The molecule has 2 aliphatic heterocycles. The van der Waals surface area contributed by atoms with Crippen LogP contribution in [0.1, 0.15) is 40.5 Å². The van der Waals surface area contributed by atoms with Crippen LogP contribution in [0.5, 0.6) is 0 Å². The van der Waals surface area contributed by atoms with Gasteiger partial charge in [0.15, 0.2) is 11.6 Å². The van der Waals surface area contributed by atoms with Crippen molar-refractivity contribution in [1.29, 1.82) is 0 Å². The molecule has 0 aliphatic carbocycles. The molecule has 1 aromatic heterocycles. The Kier molecular flexibility index (Phi) is 6.51. The van der Waals surface area contributed by atoms with Crippen molar-refractivity contribution in [2.24, 2.45) is 0 Å². The molecule has 180 valence electrons. The van der Waals surface area contributed by atoms with E-state index in [0.717, 1.165) is 44.7 Å². The van der Waals surface area contributed by atoms with Gasteiger partial charge in [0.05, 0.1) is 6.20 Å². The van der Waals surface area contributed by atoms with Crippen LogP contribution >= 0.6 is 0 Å². The molecule has 3 heterocycles. The SMILES string of the molecule is CN1CCN(c2ccc(Nc3ncc(F)c(NC4CC(C)(C)N(C)C(C)(C)C4)n3)cc2)CC1. The standard InChI is InChI=1S/C25H38FN7/c1-24(2)15-19(16-25(3,4)32(24)6)28-22-21(26)17-27-23(30-22)29-18-7-9-20(10-8-18)33-13-11-31(5)12-14-33/h7-10,17,19H,11-16H2,1-6H3,(H2,27,28,29,30). The van der Waals surface area contributed by atoms with E-state index in [1.165, 1.54) is 11.9 Å². The van der Waals surface area contributed by atoms with E-state index in [0.29, 0.717) is 5.95 Å². The molecule has 0 amide bonds. The fraction of sp³-hybridized carbons (Fsp3) is 0.600. The summed E-state index contributed by atoms with van der Waals surface area (Å²) in [7, 11) is 4.32. The van der Waals surface area contributed by atoms with Crippen molar-refractivity contribution in [2.75, 3.05) is 55.8 Å². The summed E-state index contributed by atoms with van der Waals surface area (Å²) in [4.78, 5) is 15.8. The number of rotatable bonds is 5. The van der Waals surface area contributed by atoms with Crippen LogP contribution < -0.4 is 15.5 Å². The van der Waals surface area contributed by atoms with Crippen molar-refractivity contribution in [2.45, 2.75) is 57.7 Å². The highest BCUT2D eigenvalue weighted by Crippen LogP contribution is 2.38. The lowest BCUT2D eigenvalue weighted by Crippen LogP contribution is -2.61. The highest BCUT2D eigenvalue weighted by molar-refractivity contribution is 5.60. The molecule has 2 N–H and O–H groups in total. The number of piperidine rings is 1. The zero-order valence-corrected chi connectivity index (χ0v) is 20.8. The van der Waals surface area contributed by atoms with Crippen molar-refractivity contribution in [3.05, 3.63) is 36.3 Å². The Hall–Kier alpha value is -2.45. The number of likely N-dealkylation sites (N-methyl/N-ethyl adjacent to an activating group) is 1.